The molecule has 1 heteroatoms. The third-order valence-electron chi connectivity index (χ3n) is 4.85. The minimum atomic E-state index is -0.220. The number of anilines is 1. The van der Waals surface area contributed by atoms with Crippen LogP contribution in [0.2, 0.25) is 0 Å². The van der Waals surface area contributed by atoms with Gasteiger partial charge >= 0.3 is 0 Å². The Balaban J connectivity index is 2.33. The summed E-state index contributed by atoms with van der Waals surface area (Å²) in [5.41, 5.74) is 5.69. The average molecular weight is 344 g/mol. The van der Waals surface area contributed by atoms with Gasteiger partial charge in [0.15, 0.2) is 0 Å². The highest BCUT2D eigenvalue weighted by Gasteiger charge is 2.29. The Kier molecular flexibility index (Phi) is 6.80. The van der Waals surface area contributed by atoms with Gasteiger partial charge in [0.1, 0.15) is 0 Å². The van der Waals surface area contributed by atoms with Crippen molar-refractivity contribution in [3.05, 3.63) is 114 Å². The topological polar surface area (TPSA) is 12.0 Å². The van der Waals surface area contributed by atoms with Gasteiger partial charge in [-0.05, 0) is 49.6 Å². The predicted molar refractivity (Wildman–Crippen MR) is 116 cm³/mol. The molecule has 0 radical (unpaired) electrons. The molecule has 0 spiro atoms. The summed E-state index contributed by atoms with van der Waals surface area (Å²) in [6, 6.07) is 19.2. The highest BCUT2D eigenvalue weighted by molar-refractivity contribution is 5.54. The lowest BCUT2D eigenvalue weighted by Crippen LogP contribution is -2.24. The monoisotopic (exact) mass is 343 g/mol. The number of benzene rings is 2. The Morgan fingerprint density at radius 2 is 1.77 bits per heavy atom. The van der Waals surface area contributed by atoms with E-state index in [1.165, 1.54) is 16.7 Å². The van der Waals surface area contributed by atoms with Gasteiger partial charge in [0.25, 0.3) is 0 Å². The molecule has 1 nitrogen and oxygen atoms in total. The van der Waals surface area contributed by atoms with Crippen LogP contribution in [0.15, 0.2) is 103 Å². The summed E-state index contributed by atoms with van der Waals surface area (Å²) >= 11 is 0. The standard InChI is InChI=1S/C25H29N/c1-6-12-21(13-7-2)19-26-24-17-11-16-23(18-24)25(5,20(3)4)22-14-9-8-10-15-22/h6-18,26H,1,3,19H2,2,4-5H3/b13-7-,21-12+. The maximum absolute atomic E-state index is 4.28. The van der Waals surface area contributed by atoms with E-state index < -0.39 is 0 Å². The highest BCUT2D eigenvalue weighted by Crippen LogP contribution is 2.38. The molecule has 0 bridgehead atoms. The van der Waals surface area contributed by atoms with Crippen LogP contribution in [0.4, 0.5) is 5.69 Å². The number of hydrogen-bond acceptors (Lipinski definition) is 1. The van der Waals surface area contributed by atoms with Crippen LogP contribution < -0.4 is 5.32 Å². The van der Waals surface area contributed by atoms with E-state index in [9.17, 15) is 0 Å². The van der Waals surface area contributed by atoms with E-state index in [0.29, 0.717) is 0 Å². The van der Waals surface area contributed by atoms with Crippen molar-refractivity contribution in [1.82, 2.24) is 0 Å². The Hall–Kier alpha value is -2.80. The van der Waals surface area contributed by atoms with E-state index in [2.05, 4.69) is 93.0 Å². The van der Waals surface area contributed by atoms with Crippen LogP contribution in [-0.2, 0) is 5.41 Å². The molecule has 2 rings (SSSR count). The third kappa shape index (κ3) is 4.43. The van der Waals surface area contributed by atoms with Crippen molar-refractivity contribution in [2.45, 2.75) is 26.2 Å². The smallest absolute Gasteiger partial charge is 0.0400 e. The second-order valence-electron chi connectivity index (χ2n) is 6.68. The van der Waals surface area contributed by atoms with Gasteiger partial charge in [-0.25, -0.2) is 0 Å². The van der Waals surface area contributed by atoms with Gasteiger partial charge in [0.2, 0.25) is 0 Å². The molecule has 0 aliphatic carbocycles. The fourth-order valence-electron chi connectivity index (χ4n) is 3.11. The summed E-state index contributed by atoms with van der Waals surface area (Å²) in [4.78, 5) is 0. The van der Waals surface area contributed by atoms with E-state index in [1.54, 1.807) is 0 Å². The van der Waals surface area contributed by atoms with Crippen molar-refractivity contribution >= 4 is 5.69 Å². The first-order chi connectivity index (χ1) is 12.5. The Morgan fingerprint density at radius 1 is 1.08 bits per heavy atom. The van der Waals surface area contributed by atoms with Crippen molar-refractivity contribution in [2.75, 3.05) is 11.9 Å². The second-order valence-corrected chi connectivity index (χ2v) is 6.68. The molecule has 1 atom stereocenters. The number of rotatable bonds is 8. The molecule has 2 aromatic rings. The van der Waals surface area contributed by atoms with E-state index >= 15 is 0 Å². The molecule has 0 amide bonds. The molecule has 1 unspecified atom stereocenters. The molecule has 2 aromatic carbocycles. The maximum Gasteiger partial charge on any atom is 0.0400 e. The lowest BCUT2D eigenvalue weighted by Gasteiger charge is -2.32. The first kappa shape index (κ1) is 19.5. The van der Waals surface area contributed by atoms with Crippen molar-refractivity contribution in [3.63, 3.8) is 0 Å². The van der Waals surface area contributed by atoms with Gasteiger partial charge < -0.3 is 5.32 Å². The van der Waals surface area contributed by atoms with Crippen LogP contribution >= 0.6 is 0 Å². The molecule has 0 aromatic heterocycles. The van der Waals surface area contributed by atoms with Crippen LogP contribution in [0, 0.1) is 0 Å². The fraction of sp³-hybridized carbons (Fsp3) is 0.200. The molecule has 0 saturated heterocycles. The van der Waals surface area contributed by atoms with E-state index in [0.717, 1.165) is 17.8 Å². The summed E-state index contributed by atoms with van der Waals surface area (Å²) in [5.74, 6) is 0. The highest BCUT2D eigenvalue weighted by atomic mass is 14.9. The lowest BCUT2D eigenvalue weighted by atomic mass is 9.71. The number of nitrogens with one attached hydrogen (secondary N) is 1. The Labute approximate surface area is 158 Å². The zero-order valence-electron chi connectivity index (χ0n) is 16.1. The Bertz CT molecular complexity index is 811. The van der Waals surface area contributed by atoms with Crippen LogP contribution in [0.1, 0.15) is 31.9 Å². The minimum Gasteiger partial charge on any atom is -0.381 e. The molecule has 26 heavy (non-hydrogen) atoms. The zero-order valence-corrected chi connectivity index (χ0v) is 16.1. The van der Waals surface area contributed by atoms with Gasteiger partial charge in [-0.3, -0.25) is 0 Å². The van der Waals surface area contributed by atoms with Crippen molar-refractivity contribution in [3.8, 4) is 0 Å². The maximum atomic E-state index is 4.28. The second kappa shape index (κ2) is 9.05. The summed E-state index contributed by atoms with van der Waals surface area (Å²) in [5, 5.41) is 3.52. The fourth-order valence-corrected chi connectivity index (χ4v) is 3.11. The number of hydrogen-bond donors (Lipinski definition) is 1. The number of allylic oxidation sites excluding steroid dienone is 4. The third-order valence-corrected chi connectivity index (χ3v) is 4.85. The SMILES string of the molecule is C=C/C=C(\C=C/C)CNc1cccc(C(C)(C(=C)C)c2ccccc2)c1. The minimum absolute atomic E-state index is 0.220. The van der Waals surface area contributed by atoms with Crippen LogP contribution in [-0.4, -0.2) is 6.54 Å². The van der Waals surface area contributed by atoms with Gasteiger partial charge in [0.05, 0.1) is 0 Å². The largest absolute Gasteiger partial charge is 0.381 e. The molecule has 134 valence electrons. The zero-order chi connectivity index (χ0) is 19.0. The molecule has 0 saturated carbocycles. The summed E-state index contributed by atoms with van der Waals surface area (Å²) in [6.45, 7) is 15.2. The average Bonchev–Trinajstić information content (AvgIpc) is 2.66. The normalized spacial score (nSPS) is 14.0. The summed E-state index contributed by atoms with van der Waals surface area (Å²) in [7, 11) is 0. The molecule has 1 N–H and O–H groups in total. The first-order valence-corrected chi connectivity index (χ1v) is 9.02. The van der Waals surface area contributed by atoms with E-state index in [1.807, 2.05) is 25.2 Å². The van der Waals surface area contributed by atoms with Gasteiger partial charge in [-0.1, -0.05) is 85.5 Å². The lowest BCUT2D eigenvalue weighted by molar-refractivity contribution is 0.677. The van der Waals surface area contributed by atoms with Crippen molar-refractivity contribution in [1.29, 1.82) is 0 Å². The molecular weight excluding hydrogens is 314 g/mol. The van der Waals surface area contributed by atoms with Gasteiger partial charge in [-0.2, -0.15) is 0 Å². The van der Waals surface area contributed by atoms with Crippen molar-refractivity contribution < 1.29 is 0 Å². The van der Waals surface area contributed by atoms with Crippen LogP contribution in [0.3, 0.4) is 0 Å². The van der Waals surface area contributed by atoms with Gasteiger partial charge in [-0.15, -0.1) is 0 Å². The quantitative estimate of drug-likeness (QED) is 0.417. The molecule has 0 heterocycles. The van der Waals surface area contributed by atoms with Gasteiger partial charge in [0, 0.05) is 17.6 Å². The van der Waals surface area contributed by atoms with E-state index in [-0.39, 0.29) is 5.41 Å². The van der Waals surface area contributed by atoms with Crippen LogP contribution in [0.5, 0.6) is 0 Å². The summed E-state index contributed by atoms with van der Waals surface area (Å²) in [6.07, 6.45) is 7.99. The van der Waals surface area contributed by atoms with E-state index in [4.69, 9.17) is 0 Å². The van der Waals surface area contributed by atoms with Crippen molar-refractivity contribution in [2.24, 2.45) is 0 Å². The Morgan fingerprint density at radius 3 is 2.38 bits per heavy atom. The molecule has 0 fully saturated rings. The molecule has 0 aliphatic heterocycles. The predicted octanol–water partition coefficient (Wildman–Crippen LogP) is 6.67. The van der Waals surface area contributed by atoms with Crippen LogP contribution in [0.25, 0.3) is 0 Å². The molecule has 0 aliphatic rings. The molecular formula is C25H29N. The first-order valence-electron chi connectivity index (χ1n) is 9.02. The summed E-state index contributed by atoms with van der Waals surface area (Å²) < 4.78 is 0.